The Morgan fingerprint density at radius 2 is 1.74 bits per heavy atom. The molecule has 0 spiro atoms. The summed E-state index contributed by atoms with van der Waals surface area (Å²) in [6, 6.07) is 4.64. The number of hydrogen-bond donors (Lipinski definition) is 0. The topological polar surface area (TPSA) is 30.7 Å². The first-order valence-corrected chi connectivity index (χ1v) is 8.96. The van der Waals surface area contributed by atoms with Crippen molar-refractivity contribution in [3.63, 3.8) is 0 Å². The van der Waals surface area contributed by atoms with Crippen molar-refractivity contribution in [2.24, 2.45) is 0 Å². The van der Waals surface area contributed by atoms with E-state index in [4.69, 9.17) is 0 Å². The molecule has 2 rings (SSSR count). The minimum absolute atomic E-state index is 0.183. The quantitative estimate of drug-likeness (QED) is 0.572. The molecular weight excluding hydrogens is 302 g/mol. The molecule has 0 bridgehead atoms. The van der Waals surface area contributed by atoms with E-state index in [-0.39, 0.29) is 5.41 Å². The summed E-state index contributed by atoms with van der Waals surface area (Å²) < 4.78 is 2.10. The minimum Gasteiger partial charge on any atom is -0.302 e. The third-order valence-corrected chi connectivity index (χ3v) is 5.11. The maximum Gasteiger partial charge on any atom is 0.191 e. The zero-order valence-corrected chi connectivity index (χ0v) is 15.9. The third-order valence-electron chi connectivity index (χ3n) is 4.12. The Morgan fingerprint density at radius 3 is 2.26 bits per heavy atom. The average Bonchev–Trinajstić information content (AvgIpc) is 2.78. The van der Waals surface area contributed by atoms with Crippen molar-refractivity contribution in [1.82, 2.24) is 14.8 Å². The van der Waals surface area contributed by atoms with E-state index in [0.717, 1.165) is 23.3 Å². The highest BCUT2D eigenvalue weighted by Crippen LogP contribution is 2.30. The van der Waals surface area contributed by atoms with Crippen LogP contribution in [0.5, 0.6) is 0 Å². The van der Waals surface area contributed by atoms with Gasteiger partial charge in [-0.3, -0.25) is 0 Å². The Morgan fingerprint density at radius 1 is 1.13 bits per heavy atom. The zero-order valence-electron chi connectivity index (χ0n) is 15.1. The van der Waals surface area contributed by atoms with Crippen molar-refractivity contribution in [2.45, 2.75) is 64.4 Å². The molecule has 0 amide bonds. The highest BCUT2D eigenvalue weighted by atomic mass is 32.2. The van der Waals surface area contributed by atoms with Gasteiger partial charge in [-0.2, -0.15) is 0 Å². The Hall–Kier alpha value is -1.55. The maximum absolute atomic E-state index is 4.29. The lowest BCUT2D eigenvalue weighted by atomic mass is 9.84. The number of hydrogen-bond acceptors (Lipinski definition) is 3. The van der Waals surface area contributed by atoms with E-state index in [0.29, 0.717) is 0 Å². The van der Waals surface area contributed by atoms with E-state index in [1.54, 1.807) is 11.8 Å². The fraction of sp³-hybridized carbons (Fsp3) is 0.474. The first kappa shape index (κ1) is 17.8. The molecule has 1 heterocycles. The summed E-state index contributed by atoms with van der Waals surface area (Å²) in [6.07, 6.45) is 1.88. The molecule has 0 saturated heterocycles. The molecule has 0 aliphatic rings. The predicted octanol–water partition coefficient (Wildman–Crippen LogP) is 4.98. The number of thioether (sulfide) groups is 1. The molecule has 0 radical (unpaired) electrons. The van der Waals surface area contributed by atoms with Crippen LogP contribution in [0.3, 0.4) is 0 Å². The molecule has 0 unspecified atom stereocenters. The average molecular weight is 330 g/mol. The minimum atomic E-state index is 0.183. The van der Waals surface area contributed by atoms with Crippen LogP contribution in [0.2, 0.25) is 0 Å². The molecular formula is C19H27N3S. The molecule has 0 fully saturated rings. The zero-order chi connectivity index (χ0) is 17.2. The summed E-state index contributed by atoms with van der Waals surface area (Å²) in [5.74, 6) is 1.85. The first-order chi connectivity index (χ1) is 10.7. The van der Waals surface area contributed by atoms with Gasteiger partial charge in [0, 0.05) is 12.3 Å². The smallest absolute Gasteiger partial charge is 0.191 e. The summed E-state index contributed by atoms with van der Waals surface area (Å²) in [6.45, 7) is 17.7. The van der Waals surface area contributed by atoms with E-state index in [2.05, 4.69) is 68.1 Å². The maximum atomic E-state index is 4.29. The van der Waals surface area contributed by atoms with Crippen LogP contribution < -0.4 is 0 Å². The molecule has 0 aliphatic carbocycles. The first-order valence-electron chi connectivity index (χ1n) is 7.98. The van der Waals surface area contributed by atoms with Crippen molar-refractivity contribution in [2.75, 3.05) is 0 Å². The number of aryl methyl sites for hydroxylation is 3. The highest BCUT2D eigenvalue weighted by Gasteiger charge is 2.17. The monoisotopic (exact) mass is 329 g/mol. The summed E-state index contributed by atoms with van der Waals surface area (Å²) >= 11 is 1.74. The largest absolute Gasteiger partial charge is 0.302 e. The molecule has 0 N–H and O–H groups in total. The summed E-state index contributed by atoms with van der Waals surface area (Å²) in [5, 5.41) is 9.44. The van der Waals surface area contributed by atoms with Crippen molar-refractivity contribution in [1.29, 1.82) is 0 Å². The normalized spacial score (nSPS) is 11.7. The van der Waals surface area contributed by atoms with Crippen molar-refractivity contribution < 1.29 is 0 Å². The van der Waals surface area contributed by atoms with E-state index >= 15 is 0 Å². The lowest BCUT2D eigenvalue weighted by molar-refractivity contribution is 0.589. The fourth-order valence-electron chi connectivity index (χ4n) is 2.60. The number of benzene rings is 1. The number of aromatic nitrogens is 3. The number of nitrogens with zero attached hydrogens (tertiary/aromatic N) is 3. The Bertz CT molecular complexity index is 685. The van der Waals surface area contributed by atoms with Crippen molar-refractivity contribution in [3.05, 3.63) is 52.9 Å². The Labute approximate surface area is 144 Å². The van der Waals surface area contributed by atoms with Gasteiger partial charge in [-0.05, 0) is 48.4 Å². The van der Waals surface area contributed by atoms with Crippen LogP contribution in [0.15, 0.2) is 29.9 Å². The van der Waals surface area contributed by atoms with Gasteiger partial charge in [-0.15, -0.1) is 16.8 Å². The van der Waals surface area contributed by atoms with Crippen LogP contribution in [0.1, 0.15) is 48.8 Å². The van der Waals surface area contributed by atoms with Crippen molar-refractivity contribution in [3.8, 4) is 0 Å². The van der Waals surface area contributed by atoms with Crippen LogP contribution in [-0.2, 0) is 17.7 Å². The molecule has 0 aliphatic heterocycles. The van der Waals surface area contributed by atoms with Crippen LogP contribution in [0, 0.1) is 20.8 Å². The highest BCUT2D eigenvalue weighted by molar-refractivity contribution is 7.98. The Balaban J connectivity index is 2.23. The molecule has 124 valence electrons. The fourth-order valence-corrected chi connectivity index (χ4v) is 3.79. The third kappa shape index (κ3) is 4.05. The van der Waals surface area contributed by atoms with Gasteiger partial charge in [0.1, 0.15) is 5.82 Å². The van der Waals surface area contributed by atoms with Gasteiger partial charge in [0.2, 0.25) is 0 Å². The van der Waals surface area contributed by atoms with Gasteiger partial charge in [0.25, 0.3) is 0 Å². The van der Waals surface area contributed by atoms with Crippen LogP contribution in [0.4, 0.5) is 0 Å². The second-order valence-corrected chi connectivity index (χ2v) is 8.00. The molecule has 3 nitrogen and oxygen atoms in total. The van der Waals surface area contributed by atoms with Gasteiger partial charge in [-0.25, -0.2) is 0 Å². The van der Waals surface area contributed by atoms with Gasteiger partial charge < -0.3 is 4.57 Å². The molecule has 23 heavy (non-hydrogen) atoms. The molecule has 2 aromatic rings. The molecule has 4 heteroatoms. The van der Waals surface area contributed by atoms with E-state index in [9.17, 15) is 0 Å². The number of rotatable bonds is 5. The van der Waals surface area contributed by atoms with Gasteiger partial charge >= 0.3 is 0 Å². The molecule has 0 atom stereocenters. The van der Waals surface area contributed by atoms with E-state index in [1.807, 2.05) is 13.0 Å². The molecule has 1 aromatic carbocycles. The van der Waals surface area contributed by atoms with Crippen LogP contribution in [0.25, 0.3) is 0 Å². The molecule has 0 saturated carbocycles. The van der Waals surface area contributed by atoms with E-state index < -0.39 is 0 Å². The van der Waals surface area contributed by atoms with Gasteiger partial charge in [0.15, 0.2) is 5.16 Å². The van der Waals surface area contributed by atoms with Gasteiger partial charge in [0.05, 0.1) is 0 Å². The summed E-state index contributed by atoms with van der Waals surface area (Å²) in [7, 11) is 0. The van der Waals surface area contributed by atoms with E-state index in [1.165, 1.54) is 22.3 Å². The summed E-state index contributed by atoms with van der Waals surface area (Å²) in [5.41, 5.74) is 5.69. The SMILES string of the molecule is C=CCn1c(C)nnc1SCc1c(C)cc(C(C)(C)C)cc1C. The lowest BCUT2D eigenvalue weighted by Gasteiger charge is -2.22. The van der Waals surface area contributed by atoms with Crippen LogP contribution in [-0.4, -0.2) is 14.8 Å². The lowest BCUT2D eigenvalue weighted by Crippen LogP contribution is -2.12. The number of allylic oxidation sites excluding steroid dienone is 1. The standard InChI is InChI=1S/C19H27N3S/c1-8-9-22-15(4)20-21-18(22)23-12-17-13(2)10-16(11-14(17)3)19(5,6)7/h8,10-11H,1,9,12H2,2-7H3. The predicted molar refractivity (Wildman–Crippen MR) is 99.1 cm³/mol. The Kier molecular flexibility index (Phi) is 5.35. The summed E-state index contributed by atoms with van der Waals surface area (Å²) in [4.78, 5) is 0. The molecule has 1 aromatic heterocycles. The second-order valence-electron chi connectivity index (χ2n) is 7.06. The second kappa shape index (κ2) is 6.91. The van der Waals surface area contributed by atoms with Crippen LogP contribution >= 0.6 is 11.8 Å². The van der Waals surface area contributed by atoms with Crippen molar-refractivity contribution >= 4 is 11.8 Å². The van der Waals surface area contributed by atoms with Gasteiger partial charge in [-0.1, -0.05) is 50.7 Å².